The highest BCUT2D eigenvalue weighted by atomic mass is 19.1. The van der Waals surface area contributed by atoms with E-state index >= 15 is 0 Å². The van der Waals surface area contributed by atoms with Crippen LogP contribution < -0.4 is 5.32 Å². The van der Waals surface area contributed by atoms with Gasteiger partial charge in [0.25, 0.3) is 0 Å². The molecule has 0 fully saturated rings. The smallest absolute Gasteiger partial charge is 0.128 e. The fourth-order valence-electron chi connectivity index (χ4n) is 2.12. The molecule has 19 heavy (non-hydrogen) atoms. The second-order valence-corrected chi connectivity index (χ2v) is 5.11. The molecule has 0 unspecified atom stereocenters. The highest BCUT2D eigenvalue weighted by Gasteiger charge is 2.05. The van der Waals surface area contributed by atoms with Crippen molar-refractivity contribution >= 4 is 0 Å². The summed E-state index contributed by atoms with van der Waals surface area (Å²) in [5, 5.41) is 2.96. The van der Waals surface area contributed by atoms with Crippen molar-refractivity contribution in [3.8, 4) is 11.1 Å². The Kier molecular flexibility index (Phi) is 4.33. The quantitative estimate of drug-likeness (QED) is 0.859. The Morgan fingerprint density at radius 2 is 1.63 bits per heavy atom. The summed E-state index contributed by atoms with van der Waals surface area (Å²) < 4.78 is 13.9. The Morgan fingerprint density at radius 1 is 1.00 bits per heavy atom. The van der Waals surface area contributed by atoms with Crippen molar-refractivity contribution in [3.63, 3.8) is 0 Å². The largest absolute Gasteiger partial charge is 0.316 e. The van der Waals surface area contributed by atoms with Gasteiger partial charge in [-0.2, -0.15) is 0 Å². The Hall–Kier alpha value is -1.67. The lowest BCUT2D eigenvalue weighted by atomic mass is 9.98. The molecule has 2 heteroatoms. The van der Waals surface area contributed by atoms with E-state index in [9.17, 15) is 4.39 Å². The molecule has 0 saturated carbocycles. The predicted octanol–water partition coefficient (Wildman–Crippen LogP) is 4.34. The number of halogens is 1. The molecule has 2 aromatic rings. The van der Waals surface area contributed by atoms with Crippen LogP contribution in [0.5, 0.6) is 0 Å². The van der Waals surface area contributed by atoms with Crippen LogP contribution in [-0.4, -0.2) is 7.05 Å². The van der Waals surface area contributed by atoms with Crippen LogP contribution in [-0.2, 0) is 6.54 Å². The molecule has 0 aliphatic rings. The summed E-state index contributed by atoms with van der Waals surface area (Å²) in [6.45, 7) is 4.89. The van der Waals surface area contributed by atoms with Crippen molar-refractivity contribution in [2.45, 2.75) is 26.3 Å². The van der Waals surface area contributed by atoms with Crippen LogP contribution >= 0.6 is 0 Å². The average molecular weight is 257 g/mol. The number of rotatable bonds is 4. The monoisotopic (exact) mass is 257 g/mol. The van der Waals surface area contributed by atoms with Crippen LogP contribution in [0, 0.1) is 5.82 Å². The topological polar surface area (TPSA) is 12.0 Å². The van der Waals surface area contributed by atoms with E-state index < -0.39 is 0 Å². The van der Waals surface area contributed by atoms with Gasteiger partial charge in [-0.05, 0) is 35.7 Å². The molecule has 0 spiro atoms. The summed E-state index contributed by atoms with van der Waals surface area (Å²) in [5.41, 5.74) is 3.98. The molecule has 0 radical (unpaired) electrons. The number of benzene rings is 2. The van der Waals surface area contributed by atoms with Gasteiger partial charge in [0.15, 0.2) is 0 Å². The van der Waals surface area contributed by atoms with Crippen molar-refractivity contribution < 1.29 is 4.39 Å². The number of hydrogen-bond donors (Lipinski definition) is 1. The molecular formula is C17H20FN. The summed E-state index contributed by atoms with van der Waals surface area (Å²) >= 11 is 0. The first-order valence-corrected chi connectivity index (χ1v) is 6.65. The van der Waals surface area contributed by atoms with Gasteiger partial charge in [0.05, 0.1) is 0 Å². The van der Waals surface area contributed by atoms with Crippen molar-refractivity contribution in [2.75, 3.05) is 7.05 Å². The summed E-state index contributed by atoms with van der Waals surface area (Å²) in [7, 11) is 1.82. The summed E-state index contributed by atoms with van der Waals surface area (Å²) in [5.74, 6) is 0.364. The van der Waals surface area contributed by atoms with E-state index in [0.29, 0.717) is 18.0 Å². The van der Waals surface area contributed by atoms with Crippen LogP contribution in [0.3, 0.4) is 0 Å². The van der Waals surface area contributed by atoms with E-state index in [1.165, 1.54) is 5.56 Å². The third-order valence-electron chi connectivity index (χ3n) is 3.33. The Morgan fingerprint density at radius 3 is 2.16 bits per heavy atom. The number of nitrogens with one attached hydrogen (secondary N) is 1. The molecule has 0 amide bonds. The molecule has 0 aliphatic heterocycles. The van der Waals surface area contributed by atoms with Gasteiger partial charge in [0, 0.05) is 12.1 Å². The van der Waals surface area contributed by atoms with E-state index in [2.05, 4.69) is 43.4 Å². The highest BCUT2D eigenvalue weighted by Crippen LogP contribution is 2.24. The maximum absolute atomic E-state index is 13.9. The maximum atomic E-state index is 13.9. The van der Waals surface area contributed by atoms with Crippen molar-refractivity contribution in [1.29, 1.82) is 0 Å². The van der Waals surface area contributed by atoms with E-state index in [1.807, 2.05) is 19.2 Å². The molecule has 100 valence electrons. The third-order valence-corrected chi connectivity index (χ3v) is 3.33. The third kappa shape index (κ3) is 3.21. The van der Waals surface area contributed by atoms with Gasteiger partial charge in [-0.1, -0.05) is 50.2 Å². The molecular weight excluding hydrogens is 237 g/mol. The minimum Gasteiger partial charge on any atom is -0.316 e. The lowest BCUT2D eigenvalue weighted by Gasteiger charge is -2.09. The molecule has 0 saturated heterocycles. The molecule has 2 aromatic carbocycles. The first-order chi connectivity index (χ1) is 9.11. The number of hydrogen-bond acceptors (Lipinski definition) is 1. The molecule has 1 nitrogen and oxygen atoms in total. The lowest BCUT2D eigenvalue weighted by molar-refractivity contribution is 0.601. The summed E-state index contributed by atoms with van der Waals surface area (Å²) in [4.78, 5) is 0. The zero-order valence-electron chi connectivity index (χ0n) is 11.7. The Balaban J connectivity index is 2.29. The van der Waals surface area contributed by atoms with Crippen molar-refractivity contribution in [3.05, 3.63) is 59.4 Å². The molecule has 0 bridgehead atoms. The van der Waals surface area contributed by atoms with Gasteiger partial charge in [-0.15, -0.1) is 0 Å². The average Bonchev–Trinajstić information content (AvgIpc) is 2.41. The normalized spacial score (nSPS) is 11.0. The highest BCUT2D eigenvalue weighted by molar-refractivity contribution is 5.64. The summed E-state index contributed by atoms with van der Waals surface area (Å²) in [6.07, 6.45) is 0. The van der Waals surface area contributed by atoms with Crippen LogP contribution in [0.1, 0.15) is 30.9 Å². The molecule has 0 aromatic heterocycles. The Bertz CT molecular complexity index is 544. The van der Waals surface area contributed by atoms with Crippen LogP contribution in [0.15, 0.2) is 42.5 Å². The van der Waals surface area contributed by atoms with Gasteiger partial charge in [0.1, 0.15) is 5.82 Å². The van der Waals surface area contributed by atoms with E-state index in [0.717, 1.165) is 11.1 Å². The lowest BCUT2D eigenvalue weighted by Crippen LogP contribution is -2.06. The molecule has 1 N–H and O–H groups in total. The molecule has 0 heterocycles. The van der Waals surface area contributed by atoms with Gasteiger partial charge >= 0.3 is 0 Å². The van der Waals surface area contributed by atoms with Crippen molar-refractivity contribution in [2.24, 2.45) is 0 Å². The first-order valence-electron chi connectivity index (χ1n) is 6.65. The fourth-order valence-corrected chi connectivity index (χ4v) is 2.12. The second-order valence-electron chi connectivity index (χ2n) is 5.11. The molecule has 0 aliphatic carbocycles. The van der Waals surface area contributed by atoms with Crippen LogP contribution in [0.25, 0.3) is 11.1 Å². The van der Waals surface area contributed by atoms with Gasteiger partial charge in [-0.3, -0.25) is 0 Å². The van der Waals surface area contributed by atoms with Crippen LogP contribution in [0.4, 0.5) is 4.39 Å². The second kappa shape index (κ2) is 5.98. The maximum Gasteiger partial charge on any atom is 0.128 e. The zero-order valence-corrected chi connectivity index (χ0v) is 11.7. The van der Waals surface area contributed by atoms with E-state index in [1.54, 1.807) is 6.07 Å². The van der Waals surface area contributed by atoms with E-state index in [-0.39, 0.29) is 5.82 Å². The predicted molar refractivity (Wildman–Crippen MR) is 78.7 cm³/mol. The van der Waals surface area contributed by atoms with E-state index in [4.69, 9.17) is 0 Å². The molecule has 0 atom stereocenters. The van der Waals surface area contributed by atoms with Gasteiger partial charge < -0.3 is 5.32 Å². The van der Waals surface area contributed by atoms with Gasteiger partial charge in [0.2, 0.25) is 0 Å². The zero-order chi connectivity index (χ0) is 13.8. The SMILES string of the molecule is CNCc1ccc(-c2ccc(C(C)C)cc2)cc1F. The minimum atomic E-state index is -0.153. The summed E-state index contributed by atoms with van der Waals surface area (Å²) in [6, 6.07) is 13.8. The van der Waals surface area contributed by atoms with Crippen LogP contribution in [0.2, 0.25) is 0 Å². The van der Waals surface area contributed by atoms with Gasteiger partial charge in [-0.25, -0.2) is 4.39 Å². The fraction of sp³-hybridized carbons (Fsp3) is 0.294. The minimum absolute atomic E-state index is 0.153. The standard InChI is InChI=1S/C17H20FN/c1-12(2)13-4-6-14(7-5-13)15-8-9-16(11-19-3)17(18)10-15/h4-10,12,19H,11H2,1-3H3. The van der Waals surface area contributed by atoms with Crippen molar-refractivity contribution in [1.82, 2.24) is 5.32 Å². The first kappa shape index (κ1) is 13.8. The molecule has 2 rings (SSSR count). The Labute approximate surface area is 114 Å².